The molecule has 1 aromatic carbocycles. The molecular weight excluding hydrogens is 216 g/mol. The fraction of sp³-hybridized carbons (Fsp3) is 0.385. The van der Waals surface area contributed by atoms with E-state index < -0.39 is 0 Å². The molecule has 1 atom stereocenters. The first-order valence-electron chi connectivity index (χ1n) is 5.69. The van der Waals surface area contributed by atoms with Gasteiger partial charge in [-0.05, 0) is 19.1 Å². The average molecular weight is 232 g/mol. The topological polar surface area (TPSA) is 40.6 Å². The molecule has 1 aliphatic heterocycles. The lowest BCUT2D eigenvalue weighted by atomic mass is 10.1. The van der Waals surface area contributed by atoms with Gasteiger partial charge in [-0.2, -0.15) is 0 Å². The van der Waals surface area contributed by atoms with E-state index in [1.165, 1.54) is 0 Å². The Morgan fingerprint density at radius 2 is 1.71 bits per heavy atom. The molecule has 2 amide bonds. The van der Waals surface area contributed by atoms with Gasteiger partial charge >= 0.3 is 0 Å². The number of nitrogens with zero attached hydrogens (tertiary/aromatic N) is 2. The highest BCUT2D eigenvalue weighted by molar-refractivity contribution is 6.03. The Bertz CT molecular complexity index is 470. The number of para-hydroxylation sites is 2. The highest BCUT2D eigenvalue weighted by Crippen LogP contribution is 2.35. The van der Waals surface area contributed by atoms with E-state index in [1.54, 1.807) is 23.6 Å². The summed E-state index contributed by atoms with van der Waals surface area (Å²) in [5.41, 5.74) is 1.63. The first-order valence-corrected chi connectivity index (χ1v) is 5.69. The lowest BCUT2D eigenvalue weighted by molar-refractivity contribution is -0.118. The Balaban J connectivity index is 2.54. The maximum absolute atomic E-state index is 11.7. The van der Waals surface area contributed by atoms with E-state index in [4.69, 9.17) is 0 Å². The van der Waals surface area contributed by atoms with Crippen LogP contribution in [0.4, 0.5) is 11.4 Å². The van der Waals surface area contributed by atoms with E-state index in [9.17, 15) is 9.59 Å². The molecule has 17 heavy (non-hydrogen) atoms. The van der Waals surface area contributed by atoms with Gasteiger partial charge in [0.25, 0.3) is 0 Å². The number of amides is 2. The Kier molecular flexibility index (Phi) is 2.88. The van der Waals surface area contributed by atoms with E-state index in [2.05, 4.69) is 0 Å². The molecule has 0 aliphatic carbocycles. The van der Waals surface area contributed by atoms with Crippen molar-refractivity contribution in [2.75, 3.05) is 16.3 Å². The highest BCUT2D eigenvalue weighted by atomic mass is 16.2. The van der Waals surface area contributed by atoms with E-state index in [1.807, 2.05) is 31.2 Å². The van der Waals surface area contributed by atoms with Crippen LogP contribution in [0.25, 0.3) is 0 Å². The predicted molar refractivity (Wildman–Crippen MR) is 67.1 cm³/mol. The molecule has 0 spiro atoms. The third-order valence-corrected chi connectivity index (χ3v) is 3.04. The van der Waals surface area contributed by atoms with Gasteiger partial charge in [0.1, 0.15) is 0 Å². The van der Waals surface area contributed by atoms with E-state index in [0.717, 1.165) is 11.4 Å². The summed E-state index contributed by atoms with van der Waals surface area (Å²) in [5.74, 6) is 0.0145. The molecular formula is C13H16N2O2. The average Bonchev–Trinajstić information content (AvgIpc) is 2.27. The van der Waals surface area contributed by atoms with Crippen LogP contribution in [0.15, 0.2) is 24.3 Å². The smallest absolute Gasteiger partial charge is 0.224 e. The van der Waals surface area contributed by atoms with Gasteiger partial charge in [0, 0.05) is 20.4 Å². The molecule has 0 N–H and O–H groups in total. The zero-order valence-corrected chi connectivity index (χ0v) is 10.3. The van der Waals surface area contributed by atoms with E-state index in [0.29, 0.717) is 6.54 Å². The minimum Gasteiger partial charge on any atom is -0.309 e. The second-order valence-electron chi connectivity index (χ2n) is 4.36. The van der Waals surface area contributed by atoms with Gasteiger partial charge in [0.05, 0.1) is 17.4 Å². The minimum atomic E-state index is 0.00583. The zero-order chi connectivity index (χ0) is 12.6. The summed E-state index contributed by atoms with van der Waals surface area (Å²) in [5, 5.41) is 0. The number of hydrogen-bond donors (Lipinski definition) is 0. The lowest BCUT2D eigenvalue weighted by Gasteiger charge is -2.40. The van der Waals surface area contributed by atoms with Crippen molar-refractivity contribution in [2.45, 2.75) is 26.8 Å². The first kappa shape index (κ1) is 11.6. The molecule has 0 bridgehead atoms. The number of carbonyl (C=O) groups excluding carboxylic acids is 2. The van der Waals surface area contributed by atoms with Crippen molar-refractivity contribution in [3.8, 4) is 0 Å². The molecule has 0 saturated heterocycles. The van der Waals surface area contributed by atoms with Gasteiger partial charge in [-0.3, -0.25) is 9.59 Å². The Morgan fingerprint density at radius 3 is 2.24 bits per heavy atom. The fourth-order valence-corrected chi connectivity index (χ4v) is 2.36. The molecule has 4 nitrogen and oxygen atoms in total. The standard InChI is InChI=1S/C13H16N2O2/c1-9-8-14(10(2)16)12-6-4-5-7-13(12)15(9)11(3)17/h4-7,9H,8H2,1-3H3/t9-/m1/s1. The van der Waals surface area contributed by atoms with E-state index in [-0.39, 0.29) is 17.9 Å². The maximum atomic E-state index is 11.7. The van der Waals surface area contributed by atoms with Crippen molar-refractivity contribution in [3.63, 3.8) is 0 Å². The second-order valence-corrected chi connectivity index (χ2v) is 4.36. The molecule has 1 aromatic rings. The number of fused-ring (bicyclic) bond motifs is 1. The molecule has 0 saturated carbocycles. The van der Waals surface area contributed by atoms with Crippen molar-refractivity contribution in [1.82, 2.24) is 0 Å². The van der Waals surface area contributed by atoms with Crippen LogP contribution in [0.1, 0.15) is 20.8 Å². The van der Waals surface area contributed by atoms with Crippen LogP contribution in [0, 0.1) is 0 Å². The van der Waals surface area contributed by atoms with Gasteiger partial charge in [-0.1, -0.05) is 12.1 Å². The summed E-state index contributed by atoms with van der Waals surface area (Å²) in [4.78, 5) is 26.7. The molecule has 1 heterocycles. The Labute approximate surface area is 101 Å². The third-order valence-electron chi connectivity index (χ3n) is 3.04. The highest BCUT2D eigenvalue weighted by Gasteiger charge is 2.31. The van der Waals surface area contributed by atoms with Crippen molar-refractivity contribution in [2.24, 2.45) is 0 Å². The summed E-state index contributed by atoms with van der Waals surface area (Å²) in [6.07, 6.45) is 0. The third kappa shape index (κ3) is 1.90. The molecule has 0 aromatic heterocycles. The molecule has 90 valence electrons. The quantitative estimate of drug-likeness (QED) is 0.684. The SMILES string of the molecule is CC(=O)N1C[C@@H](C)N(C(C)=O)c2ccccc21. The largest absolute Gasteiger partial charge is 0.309 e. The molecule has 2 rings (SSSR count). The number of anilines is 2. The molecule has 0 radical (unpaired) electrons. The molecule has 1 aliphatic rings. The molecule has 4 heteroatoms. The number of benzene rings is 1. The normalized spacial score (nSPS) is 18.9. The summed E-state index contributed by atoms with van der Waals surface area (Å²) >= 11 is 0. The van der Waals surface area contributed by atoms with Crippen molar-refractivity contribution < 1.29 is 9.59 Å². The minimum absolute atomic E-state index is 0.00583. The van der Waals surface area contributed by atoms with Crippen LogP contribution in [-0.2, 0) is 9.59 Å². The van der Waals surface area contributed by atoms with Gasteiger partial charge in [-0.25, -0.2) is 0 Å². The fourth-order valence-electron chi connectivity index (χ4n) is 2.36. The van der Waals surface area contributed by atoms with E-state index >= 15 is 0 Å². The van der Waals surface area contributed by atoms with Crippen molar-refractivity contribution in [3.05, 3.63) is 24.3 Å². The van der Waals surface area contributed by atoms with Crippen LogP contribution in [0.3, 0.4) is 0 Å². The Hall–Kier alpha value is -1.84. The van der Waals surface area contributed by atoms with Gasteiger partial charge in [0.2, 0.25) is 11.8 Å². The lowest BCUT2D eigenvalue weighted by Crippen LogP contribution is -2.50. The Morgan fingerprint density at radius 1 is 1.12 bits per heavy atom. The van der Waals surface area contributed by atoms with Crippen LogP contribution in [-0.4, -0.2) is 24.4 Å². The van der Waals surface area contributed by atoms with Gasteiger partial charge in [0.15, 0.2) is 0 Å². The summed E-state index contributed by atoms with van der Waals surface area (Å²) in [6, 6.07) is 7.51. The first-order chi connectivity index (χ1) is 8.02. The van der Waals surface area contributed by atoms with Crippen molar-refractivity contribution in [1.29, 1.82) is 0 Å². The van der Waals surface area contributed by atoms with Crippen LogP contribution in [0.2, 0.25) is 0 Å². The predicted octanol–water partition coefficient (Wildman–Crippen LogP) is 1.79. The monoisotopic (exact) mass is 232 g/mol. The maximum Gasteiger partial charge on any atom is 0.224 e. The summed E-state index contributed by atoms with van der Waals surface area (Å²) < 4.78 is 0. The van der Waals surface area contributed by atoms with Crippen LogP contribution < -0.4 is 9.80 Å². The van der Waals surface area contributed by atoms with Gasteiger partial charge in [-0.15, -0.1) is 0 Å². The van der Waals surface area contributed by atoms with Crippen LogP contribution >= 0.6 is 0 Å². The number of hydrogen-bond acceptors (Lipinski definition) is 2. The van der Waals surface area contributed by atoms with Crippen LogP contribution in [0.5, 0.6) is 0 Å². The number of carbonyl (C=O) groups is 2. The molecule has 0 unspecified atom stereocenters. The molecule has 0 fully saturated rings. The summed E-state index contributed by atoms with van der Waals surface area (Å²) in [7, 11) is 0. The number of rotatable bonds is 0. The van der Waals surface area contributed by atoms with Crippen molar-refractivity contribution >= 4 is 23.2 Å². The second kappa shape index (κ2) is 4.20. The summed E-state index contributed by atoms with van der Waals surface area (Å²) in [6.45, 7) is 5.60. The zero-order valence-electron chi connectivity index (χ0n) is 10.3. The van der Waals surface area contributed by atoms with Gasteiger partial charge < -0.3 is 9.80 Å².